The Labute approximate surface area is 149 Å². The Kier molecular flexibility index (Phi) is 4.19. The zero-order chi connectivity index (χ0) is 17.2. The molecule has 1 aliphatic heterocycles. The van der Waals surface area contributed by atoms with Gasteiger partial charge in [0.15, 0.2) is 0 Å². The summed E-state index contributed by atoms with van der Waals surface area (Å²) < 4.78 is 5.84. The number of hydrogen-bond acceptors (Lipinski definition) is 4. The van der Waals surface area contributed by atoms with Crippen LogP contribution >= 0.6 is 11.8 Å². The first kappa shape index (κ1) is 15.8. The summed E-state index contributed by atoms with van der Waals surface area (Å²) in [5.74, 6) is 1.66. The van der Waals surface area contributed by atoms with Crippen LogP contribution in [-0.2, 0) is 9.59 Å². The second-order valence-electron chi connectivity index (χ2n) is 5.84. The van der Waals surface area contributed by atoms with Gasteiger partial charge in [-0.05, 0) is 36.4 Å². The molecule has 1 saturated heterocycles. The number of fused-ring (bicyclic) bond motifs is 1. The lowest BCUT2D eigenvalue weighted by molar-refractivity contribution is -0.130. The summed E-state index contributed by atoms with van der Waals surface area (Å²) in [5.41, 5.74) is 2.49. The number of benzene rings is 2. The molecule has 0 aliphatic carbocycles. The lowest BCUT2D eigenvalue weighted by Crippen LogP contribution is -2.34. The Morgan fingerprint density at radius 2 is 1.96 bits per heavy atom. The minimum absolute atomic E-state index is 0.0142. The molecule has 1 aliphatic rings. The molecule has 1 fully saturated rings. The van der Waals surface area contributed by atoms with Gasteiger partial charge < -0.3 is 14.6 Å². The number of amides is 2. The van der Waals surface area contributed by atoms with Crippen LogP contribution in [0.3, 0.4) is 0 Å². The van der Waals surface area contributed by atoms with Crippen LogP contribution in [0.4, 0.5) is 5.69 Å². The van der Waals surface area contributed by atoms with Crippen LogP contribution in [0.25, 0.3) is 22.3 Å². The van der Waals surface area contributed by atoms with Gasteiger partial charge in [-0.15, -0.1) is 11.8 Å². The first-order valence-corrected chi connectivity index (χ1v) is 9.09. The summed E-state index contributed by atoms with van der Waals surface area (Å²) in [4.78, 5) is 25.2. The number of carbonyl (C=O) groups excluding carboxylic acids is 2. The van der Waals surface area contributed by atoms with Gasteiger partial charge in [0.05, 0.1) is 11.6 Å². The van der Waals surface area contributed by atoms with Crippen LogP contribution in [0, 0.1) is 0 Å². The van der Waals surface area contributed by atoms with Crippen molar-refractivity contribution < 1.29 is 14.0 Å². The highest BCUT2D eigenvalue weighted by Crippen LogP contribution is 2.28. The van der Waals surface area contributed by atoms with E-state index in [0.29, 0.717) is 17.3 Å². The molecule has 0 bridgehead atoms. The minimum atomic E-state index is -0.188. The largest absolute Gasteiger partial charge is 0.456 e. The van der Waals surface area contributed by atoms with E-state index in [-0.39, 0.29) is 18.4 Å². The van der Waals surface area contributed by atoms with Crippen molar-refractivity contribution in [2.75, 3.05) is 23.5 Å². The molecule has 2 amide bonds. The molecule has 6 heteroatoms. The van der Waals surface area contributed by atoms with Crippen molar-refractivity contribution in [1.82, 2.24) is 4.90 Å². The molecule has 0 saturated carbocycles. The quantitative estimate of drug-likeness (QED) is 0.780. The predicted octanol–water partition coefficient (Wildman–Crippen LogP) is 3.57. The third-order valence-corrected chi connectivity index (χ3v) is 4.98. The second-order valence-corrected chi connectivity index (χ2v) is 6.80. The van der Waals surface area contributed by atoms with E-state index in [4.69, 9.17) is 4.42 Å². The van der Waals surface area contributed by atoms with Gasteiger partial charge in [0.1, 0.15) is 17.9 Å². The van der Waals surface area contributed by atoms with Gasteiger partial charge in [0, 0.05) is 16.6 Å². The van der Waals surface area contributed by atoms with E-state index in [1.165, 1.54) is 11.8 Å². The van der Waals surface area contributed by atoms with Crippen LogP contribution in [0.15, 0.2) is 59.0 Å². The number of anilines is 1. The van der Waals surface area contributed by atoms with Gasteiger partial charge in [0.25, 0.3) is 0 Å². The second kappa shape index (κ2) is 6.64. The lowest BCUT2D eigenvalue weighted by atomic mass is 10.1. The normalized spacial score (nSPS) is 14.2. The van der Waals surface area contributed by atoms with E-state index in [2.05, 4.69) is 5.32 Å². The van der Waals surface area contributed by atoms with Crippen LogP contribution in [-0.4, -0.2) is 34.9 Å². The first-order chi connectivity index (χ1) is 12.2. The minimum Gasteiger partial charge on any atom is -0.456 e. The van der Waals surface area contributed by atoms with Gasteiger partial charge in [-0.25, -0.2) is 0 Å². The van der Waals surface area contributed by atoms with Crippen LogP contribution in [0.1, 0.15) is 0 Å². The van der Waals surface area contributed by atoms with Gasteiger partial charge in [-0.3, -0.25) is 9.59 Å². The monoisotopic (exact) mass is 352 g/mol. The maximum Gasteiger partial charge on any atom is 0.244 e. The Morgan fingerprint density at radius 3 is 2.68 bits per heavy atom. The van der Waals surface area contributed by atoms with Gasteiger partial charge in [0.2, 0.25) is 11.8 Å². The summed E-state index contributed by atoms with van der Waals surface area (Å²) in [6.07, 6.45) is 0. The average Bonchev–Trinajstić information content (AvgIpc) is 3.22. The zero-order valence-electron chi connectivity index (χ0n) is 13.4. The van der Waals surface area contributed by atoms with Crippen molar-refractivity contribution in [3.8, 4) is 11.3 Å². The number of nitrogens with one attached hydrogen (secondary N) is 1. The fraction of sp³-hybridized carbons (Fsp3) is 0.158. The molecule has 0 radical (unpaired) electrons. The SMILES string of the molecule is O=C(CN1CSCC1=O)Nc1ccc(-c2cc3ccccc3o2)cc1. The highest BCUT2D eigenvalue weighted by atomic mass is 32.2. The lowest BCUT2D eigenvalue weighted by Gasteiger charge is -2.14. The van der Waals surface area contributed by atoms with E-state index >= 15 is 0 Å². The number of hydrogen-bond donors (Lipinski definition) is 1. The van der Waals surface area contributed by atoms with Crippen molar-refractivity contribution in [2.24, 2.45) is 0 Å². The molecule has 126 valence electrons. The highest BCUT2D eigenvalue weighted by Gasteiger charge is 2.22. The molecule has 25 heavy (non-hydrogen) atoms. The number of thioether (sulfide) groups is 1. The average molecular weight is 352 g/mol. The summed E-state index contributed by atoms with van der Waals surface area (Å²) in [7, 11) is 0. The fourth-order valence-electron chi connectivity index (χ4n) is 2.76. The Hall–Kier alpha value is -2.73. The van der Waals surface area contributed by atoms with E-state index in [1.807, 2.05) is 54.6 Å². The molecule has 2 aromatic carbocycles. The summed E-state index contributed by atoms with van der Waals surface area (Å²) in [5, 5.41) is 3.88. The molecule has 0 atom stereocenters. The molecule has 2 heterocycles. The van der Waals surface area contributed by atoms with E-state index < -0.39 is 0 Å². The summed E-state index contributed by atoms with van der Waals surface area (Å²) >= 11 is 1.53. The van der Waals surface area contributed by atoms with Crippen molar-refractivity contribution in [3.63, 3.8) is 0 Å². The molecule has 0 unspecified atom stereocenters. The number of para-hydroxylation sites is 1. The number of nitrogens with zero attached hydrogens (tertiary/aromatic N) is 1. The molecule has 1 N–H and O–H groups in total. The van der Waals surface area contributed by atoms with Crippen molar-refractivity contribution in [1.29, 1.82) is 0 Å². The van der Waals surface area contributed by atoms with Crippen molar-refractivity contribution in [3.05, 3.63) is 54.6 Å². The Bertz CT molecular complexity index is 900. The van der Waals surface area contributed by atoms with Gasteiger partial charge in [-0.2, -0.15) is 0 Å². The summed E-state index contributed by atoms with van der Waals surface area (Å²) in [6.45, 7) is 0.0944. The van der Waals surface area contributed by atoms with E-state index in [1.54, 1.807) is 4.90 Å². The highest BCUT2D eigenvalue weighted by molar-refractivity contribution is 8.00. The van der Waals surface area contributed by atoms with Crippen molar-refractivity contribution >= 4 is 40.2 Å². The van der Waals surface area contributed by atoms with E-state index in [9.17, 15) is 9.59 Å². The van der Waals surface area contributed by atoms with Crippen LogP contribution in [0.2, 0.25) is 0 Å². The van der Waals surface area contributed by atoms with Crippen LogP contribution in [0.5, 0.6) is 0 Å². The molecular weight excluding hydrogens is 336 g/mol. The first-order valence-electron chi connectivity index (χ1n) is 7.93. The Balaban J connectivity index is 1.44. The maximum atomic E-state index is 12.1. The molecule has 3 aromatic rings. The van der Waals surface area contributed by atoms with Gasteiger partial charge >= 0.3 is 0 Å². The number of furan rings is 1. The number of carbonyl (C=O) groups is 2. The van der Waals surface area contributed by atoms with Crippen LogP contribution < -0.4 is 5.32 Å². The topological polar surface area (TPSA) is 62.6 Å². The summed E-state index contributed by atoms with van der Waals surface area (Å²) in [6, 6.07) is 17.3. The standard InChI is InChI=1S/C19H16N2O3S/c22-18(10-21-12-25-11-19(21)23)20-15-7-5-13(6-8-15)17-9-14-3-1-2-4-16(14)24-17/h1-9H,10-12H2,(H,20,22). The third-order valence-electron chi connectivity index (χ3n) is 4.04. The molecule has 0 spiro atoms. The molecule has 5 nitrogen and oxygen atoms in total. The van der Waals surface area contributed by atoms with E-state index in [0.717, 1.165) is 22.3 Å². The third kappa shape index (κ3) is 3.39. The zero-order valence-corrected chi connectivity index (χ0v) is 14.2. The maximum absolute atomic E-state index is 12.1. The molecule has 4 rings (SSSR count). The van der Waals surface area contributed by atoms with Gasteiger partial charge in [-0.1, -0.05) is 18.2 Å². The molecular formula is C19H16N2O3S. The smallest absolute Gasteiger partial charge is 0.244 e. The molecule has 1 aromatic heterocycles. The predicted molar refractivity (Wildman–Crippen MR) is 99.3 cm³/mol. The van der Waals surface area contributed by atoms with Crippen molar-refractivity contribution in [2.45, 2.75) is 0 Å². The fourth-order valence-corrected chi connectivity index (χ4v) is 3.66. The Morgan fingerprint density at radius 1 is 1.16 bits per heavy atom. The number of rotatable bonds is 4.